The fraction of sp³-hybridized carbons (Fsp3) is 0.684. The maximum atomic E-state index is 12.9. The van der Waals surface area contributed by atoms with Gasteiger partial charge in [-0.3, -0.25) is 4.79 Å². The van der Waals surface area contributed by atoms with Gasteiger partial charge in [-0.2, -0.15) is 13.2 Å². The molecule has 3 rings (SSSR count). The van der Waals surface area contributed by atoms with Crippen LogP contribution >= 0.6 is 0 Å². The van der Waals surface area contributed by atoms with Gasteiger partial charge in [0.1, 0.15) is 5.60 Å². The van der Waals surface area contributed by atoms with E-state index in [0.717, 1.165) is 12.4 Å². The van der Waals surface area contributed by atoms with Gasteiger partial charge in [0, 0.05) is 45.1 Å². The Kier molecular flexibility index (Phi) is 6.58. The van der Waals surface area contributed by atoms with Crippen LogP contribution in [0.5, 0.6) is 0 Å². The van der Waals surface area contributed by atoms with Gasteiger partial charge >= 0.3 is 12.3 Å². The molecule has 2 aliphatic rings. The zero-order chi connectivity index (χ0) is 22.8. The Balaban J connectivity index is 1.53. The van der Waals surface area contributed by atoms with Gasteiger partial charge in [0.2, 0.25) is 5.95 Å². The topological polar surface area (TPSA) is 88.1 Å². The van der Waals surface area contributed by atoms with Gasteiger partial charge in [-0.1, -0.05) is 0 Å². The molecule has 3 heterocycles. The normalized spacial score (nSPS) is 20.6. The average molecular weight is 445 g/mol. The van der Waals surface area contributed by atoms with Crippen LogP contribution in [-0.2, 0) is 20.4 Å². The summed E-state index contributed by atoms with van der Waals surface area (Å²) in [6, 6.07) is 0. The molecule has 0 spiro atoms. The highest BCUT2D eigenvalue weighted by Gasteiger charge is 2.36. The van der Waals surface area contributed by atoms with Crippen molar-refractivity contribution in [1.29, 1.82) is 0 Å². The Bertz CT molecular complexity index is 789. The van der Waals surface area contributed by atoms with Crippen molar-refractivity contribution in [3.05, 3.63) is 18.0 Å². The van der Waals surface area contributed by atoms with E-state index in [1.165, 1.54) is 4.90 Å². The molecule has 2 aliphatic heterocycles. The fourth-order valence-electron chi connectivity index (χ4n) is 3.25. The first kappa shape index (κ1) is 23.0. The Morgan fingerprint density at radius 2 is 1.65 bits per heavy atom. The predicted molar refractivity (Wildman–Crippen MR) is 103 cm³/mol. The van der Waals surface area contributed by atoms with Crippen LogP contribution in [0, 0.1) is 0 Å². The number of amides is 2. The van der Waals surface area contributed by atoms with E-state index in [1.54, 1.807) is 30.6 Å². The molecule has 0 radical (unpaired) electrons. The minimum absolute atomic E-state index is 0.107. The van der Waals surface area contributed by atoms with Gasteiger partial charge in [-0.15, -0.1) is 0 Å². The van der Waals surface area contributed by atoms with Crippen molar-refractivity contribution < 1.29 is 32.2 Å². The minimum atomic E-state index is -4.49. The lowest BCUT2D eigenvalue weighted by Gasteiger charge is -2.39. The lowest BCUT2D eigenvalue weighted by atomic mass is 10.2. The van der Waals surface area contributed by atoms with E-state index in [0.29, 0.717) is 32.7 Å². The van der Waals surface area contributed by atoms with Gasteiger partial charge in [0.05, 0.1) is 18.7 Å². The van der Waals surface area contributed by atoms with E-state index in [2.05, 4.69) is 9.97 Å². The monoisotopic (exact) mass is 445 g/mol. The minimum Gasteiger partial charge on any atom is -0.444 e. The number of hydrogen-bond donors (Lipinski definition) is 0. The van der Waals surface area contributed by atoms with Crippen LogP contribution in [0.1, 0.15) is 26.3 Å². The number of anilines is 1. The van der Waals surface area contributed by atoms with Gasteiger partial charge < -0.3 is 24.2 Å². The second-order valence-electron chi connectivity index (χ2n) is 8.37. The fourth-order valence-corrected chi connectivity index (χ4v) is 3.25. The van der Waals surface area contributed by atoms with Crippen molar-refractivity contribution in [3.63, 3.8) is 0 Å². The number of hydrogen-bond acceptors (Lipinski definition) is 7. The van der Waals surface area contributed by atoms with Crippen LogP contribution < -0.4 is 4.90 Å². The standard InChI is InChI=1S/C19H26F3N5O4/c1-18(2,3)31-17(29)27-8-9-30-14(12-27)15(28)25-4-6-26(7-5-25)16-23-10-13(11-24-16)19(20,21)22/h10-11,14H,4-9,12H2,1-3H3/t14-/m0/s1. The second kappa shape index (κ2) is 8.85. The predicted octanol–water partition coefficient (Wildman–Crippen LogP) is 1.78. The molecule has 0 aromatic carbocycles. The Morgan fingerprint density at radius 3 is 2.19 bits per heavy atom. The number of ether oxygens (including phenoxy) is 2. The first-order chi connectivity index (χ1) is 14.4. The number of alkyl halides is 3. The lowest BCUT2D eigenvalue weighted by Crippen LogP contribution is -2.57. The average Bonchev–Trinajstić information content (AvgIpc) is 2.72. The number of carbonyl (C=O) groups excluding carboxylic acids is 2. The summed E-state index contributed by atoms with van der Waals surface area (Å²) in [7, 11) is 0. The molecule has 12 heteroatoms. The summed E-state index contributed by atoms with van der Waals surface area (Å²) in [5, 5.41) is 0. The zero-order valence-electron chi connectivity index (χ0n) is 17.7. The first-order valence-corrected chi connectivity index (χ1v) is 9.96. The third kappa shape index (κ3) is 5.96. The van der Waals surface area contributed by atoms with Crippen molar-refractivity contribution in [2.24, 2.45) is 0 Å². The Hall–Kier alpha value is -2.63. The number of aromatic nitrogens is 2. The smallest absolute Gasteiger partial charge is 0.419 e. The third-order valence-corrected chi connectivity index (χ3v) is 4.83. The van der Waals surface area contributed by atoms with Crippen LogP contribution in [0.3, 0.4) is 0 Å². The molecule has 172 valence electrons. The summed E-state index contributed by atoms with van der Waals surface area (Å²) in [6.07, 6.45) is -4.26. The molecule has 2 fully saturated rings. The molecule has 1 aromatic heterocycles. The van der Waals surface area contributed by atoms with Crippen molar-refractivity contribution in [2.75, 3.05) is 50.8 Å². The van der Waals surface area contributed by atoms with Crippen LogP contribution in [0.25, 0.3) is 0 Å². The summed E-state index contributed by atoms with van der Waals surface area (Å²) in [5.41, 5.74) is -1.54. The van der Waals surface area contributed by atoms with Gasteiger partial charge in [0.15, 0.2) is 6.10 Å². The molecule has 0 N–H and O–H groups in total. The Labute approximate surface area is 178 Å². The maximum absolute atomic E-state index is 12.9. The lowest BCUT2D eigenvalue weighted by molar-refractivity contribution is -0.149. The molecular weight excluding hydrogens is 419 g/mol. The molecule has 1 atom stereocenters. The van der Waals surface area contributed by atoms with Crippen molar-refractivity contribution in [3.8, 4) is 0 Å². The summed E-state index contributed by atoms with van der Waals surface area (Å²) < 4.78 is 48.9. The van der Waals surface area contributed by atoms with Gasteiger partial charge in [-0.25, -0.2) is 14.8 Å². The highest BCUT2D eigenvalue weighted by molar-refractivity contribution is 5.82. The van der Waals surface area contributed by atoms with Gasteiger partial charge in [-0.05, 0) is 20.8 Å². The van der Waals surface area contributed by atoms with Crippen LogP contribution in [0.2, 0.25) is 0 Å². The van der Waals surface area contributed by atoms with E-state index in [9.17, 15) is 22.8 Å². The number of carbonyl (C=O) groups is 2. The molecule has 9 nitrogen and oxygen atoms in total. The highest BCUT2D eigenvalue weighted by atomic mass is 19.4. The molecule has 2 saturated heterocycles. The van der Waals surface area contributed by atoms with Crippen molar-refractivity contribution in [1.82, 2.24) is 19.8 Å². The zero-order valence-corrected chi connectivity index (χ0v) is 17.7. The van der Waals surface area contributed by atoms with E-state index in [1.807, 2.05) is 0 Å². The molecule has 0 aliphatic carbocycles. The number of morpholine rings is 1. The summed E-state index contributed by atoms with van der Waals surface area (Å²) >= 11 is 0. The largest absolute Gasteiger partial charge is 0.444 e. The van der Waals surface area contributed by atoms with Crippen molar-refractivity contribution >= 4 is 17.9 Å². The molecule has 1 aromatic rings. The Morgan fingerprint density at radius 1 is 1.03 bits per heavy atom. The van der Waals surface area contributed by atoms with E-state index < -0.39 is 29.5 Å². The van der Waals surface area contributed by atoms with Crippen LogP contribution in [0.4, 0.5) is 23.9 Å². The SMILES string of the molecule is CC(C)(C)OC(=O)N1CCO[C@H](C(=O)N2CCN(c3ncc(C(F)(F)F)cn3)CC2)C1. The van der Waals surface area contributed by atoms with E-state index in [4.69, 9.17) is 9.47 Å². The van der Waals surface area contributed by atoms with Crippen LogP contribution in [0.15, 0.2) is 12.4 Å². The van der Waals surface area contributed by atoms with Crippen LogP contribution in [-0.4, -0.2) is 89.3 Å². The number of nitrogens with zero attached hydrogens (tertiary/aromatic N) is 5. The first-order valence-electron chi connectivity index (χ1n) is 9.96. The quantitative estimate of drug-likeness (QED) is 0.686. The number of rotatable bonds is 2. The molecule has 0 saturated carbocycles. The second-order valence-corrected chi connectivity index (χ2v) is 8.37. The maximum Gasteiger partial charge on any atom is 0.419 e. The summed E-state index contributed by atoms with van der Waals surface area (Å²) in [5.74, 6) is -0.0497. The summed E-state index contributed by atoms with van der Waals surface area (Å²) in [6.45, 7) is 7.43. The number of piperazine rings is 1. The number of halogens is 3. The van der Waals surface area contributed by atoms with E-state index in [-0.39, 0.29) is 25.0 Å². The molecule has 0 bridgehead atoms. The third-order valence-electron chi connectivity index (χ3n) is 4.83. The molecule has 31 heavy (non-hydrogen) atoms. The molecule has 2 amide bonds. The summed E-state index contributed by atoms with van der Waals surface area (Å²) in [4.78, 5) is 37.5. The molecule has 0 unspecified atom stereocenters. The van der Waals surface area contributed by atoms with E-state index >= 15 is 0 Å². The van der Waals surface area contributed by atoms with Crippen molar-refractivity contribution in [2.45, 2.75) is 38.7 Å². The van der Waals surface area contributed by atoms with Gasteiger partial charge in [0.25, 0.3) is 5.91 Å². The highest BCUT2D eigenvalue weighted by Crippen LogP contribution is 2.28. The molecular formula is C19H26F3N5O4.